The van der Waals surface area contributed by atoms with Crippen LogP contribution in [0.1, 0.15) is 53.2 Å². The van der Waals surface area contributed by atoms with E-state index in [1.165, 1.54) is 0 Å². The van der Waals surface area contributed by atoms with E-state index in [9.17, 15) is 9.59 Å². The van der Waals surface area contributed by atoms with Gasteiger partial charge in [-0.15, -0.1) is 0 Å². The van der Waals surface area contributed by atoms with Crippen molar-refractivity contribution in [2.24, 2.45) is 0 Å². The van der Waals surface area contributed by atoms with E-state index in [0.29, 0.717) is 18.0 Å². The Bertz CT molecular complexity index is 1160. The van der Waals surface area contributed by atoms with E-state index in [0.717, 1.165) is 47.2 Å². The van der Waals surface area contributed by atoms with Crippen LogP contribution in [0.25, 0.3) is 16.8 Å². The number of hydrogen-bond acceptors (Lipinski definition) is 4. The van der Waals surface area contributed by atoms with Gasteiger partial charge in [0, 0.05) is 43.0 Å². The molecule has 0 radical (unpaired) electrons. The van der Waals surface area contributed by atoms with Gasteiger partial charge in [0.25, 0.3) is 5.91 Å². The number of aryl methyl sites for hydroxylation is 1. The van der Waals surface area contributed by atoms with E-state index in [1.54, 1.807) is 15.8 Å². The molecule has 3 aromatic rings. The fourth-order valence-electron chi connectivity index (χ4n) is 4.12. The Kier molecular flexibility index (Phi) is 4.81. The van der Waals surface area contributed by atoms with Crippen LogP contribution in [0.5, 0.6) is 0 Å². The molecule has 0 unspecified atom stereocenters. The lowest BCUT2D eigenvalue weighted by molar-refractivity contribution is -0.127. The summed E-state index contributed by atoms with van der Waals surface area (Å²) < 4.78 is 1.79. The normalized spacial score (nSPS) is 18.5. The zero-order chi connectivity index (χ0) is 21.5. The maximum atomic E-state index is 12.5. The molecular weight excluding hydrogens is 390 g/mol. The van der Waals surface area contributed by atoms with E-state index in [-0.39, 0.29) is 17.9 Å². The summed E-state index contributed by atoms with van der Waals surface area (Å²) in [7, 11) is 1.84. The molecule has 1 aliphatic carbocycles. The van der Waals surface area contributed by atoms with E-state index in [1.807, 2.05) is 56.8 Å². The minimum Gasteiger partial charge on any atom is -0.349 e. The van der Waals surface area contributed by atoms with Crippen molar-refractivity contribution in [3.05, 3.63) is 65.7 Å². The Morgan fingerprint density at radius 3 is 2.71 bits per heavy atom. The first-order chi connectivity index (χ1) is 15.0. The first-order valence-corrected chi connectivity index (χ1v) is 10.7. The number of carbonyl (C=O) groups is 2. The molecule has 5 rings (SSSR count). The topological polar surface area (TPSA) is 80.1 Å². The van der Waals surface area contributed by atoms with Crippen molar-refractivity contribution in [3.8, 4) is 16.8 Å². The van der Waals surface area contributed by atoms with Gasteiger partial charge in [-0.1, -0.05) is 6.07 Å². The van der Waals surface area contributed by atoms with Gasteiger partial charge < -0.3 is 10.2 Å². The third kappa shape index (κ3) is 3.83. The molecule has 2 aliphatic rings. The molecule has 7 heteroatoms. The highest BCUT2D eigenvalue weighted by molar-refractivity contribution is 5.96. The van der Waals surface area contributed by atoms with Crippen LogP contribution in [0.15, 0.2) is 49.1 Å². The molecule has 158 valence electrons. The summed E-state index contributed by atoms with van der Waals surface area (Å²) in [5.74, 6) is 0.140. The van der Waals surface area contributed by atoms with Crippen LogP contribution in [-0.2, 0) is 4.79 Å². The summed E-state index contributed by atoms with van der Waals surface area (Å²) in [6.07, 6.45) is 10.9. The molecule has 1 N–H and O–H groups in total. The number of rotatable bonds is 5. The molecule has 1 saturated heterocycles. The van der Waals surface area contributed by atoms with Crippen LogP contribution in [-0.4, -0.2) is 44.6 Å². The number of carbonyl (C=O) groups excluding carboxylic acids is 2. The predicted molar refractivity (Wildman–Crippen MR) is 117 cm³/mol. The first kappa shape index (κ1) is 19.5. The van der Waals surface area contributed by atoms with Crippen LogP contribution in [0.3, 0.4) is 0 Å². The fourth-order valence-corrected chi connectivity index (χ4v) is 4.12. The molecule has 0 spiro atoms. The lowest BCUT2D eigenvalue weighted by Gasteiger charge is -2.20. The molecule has 2 aromatic heterocycles. The van der Waals surface area contributed by atoms with Crippen LogP contribution in [0, 0.1) is 6.92 Å². The lowest BCUT2D eigenvalue weighted by atomic mass is 10.00. The predicted octanol–water partition coefficient (Wildman–Crippen LogP) is 3.43. The SMILES string of the molecule is Cc1ccc(C(=O)NC2CC2)cc1-c1cnn(-c2cncc([C@H]3CCC(=O)N3C)c2)c1. The summed E-state index contributed by atoms with van der Waals surface area (Å²) in [6.45, 7) is 2.03. The van der Waals surface area contributed by atoms with E-state index in [2.05, 4.69) is 15.4 Å². The largest absolute Gasteiger partial charge is 0.349 e. The van der Waals surface area contributed by atoms with Gasteiger partial charge in [0.2, 0.25) is 5.91 Å². The molecule has 2 fully saturated rings. The molecule has 7 nitrogen and oxygen atoms in total. The molecular formula is C24H25N5O2. The third-order valence-corrected chi connectivity index (χ3v) is 6.19. The summed E-state index contributed by atoms with van der Waals surface area (Å²) >= 11 is 0. The second-order valence-corrected chi connectivity index (χ2v) is 8.49. The van der Waals surface area contributed by atoms with Gasteiger partial charge >= 0.3 is 0 Å². The van der Waals surface area contributed by atoms with Crippen molar-refractivity contribution in [3.63, 3.8) is 0 Å². The van der Waals surface area contributed by atoms with Gasteiger partial charge in [0.1, 0.15) is 0 Å². The number of amides is 2. The van der Waals surface area contributed by atoms with E-state index >= 15 is 0 Å². The zero-order valence-corrected chi connectivity index (χ0v) is 17.7. The average Bonchev–Trinajstić information content (AvgIpc) is 3.33. The maximum Gasteiger partial charge on any atom is 0.251 e. The number of nitrogens with zero attached hydrogens (tertiary/aromatic N) is 4. The number of hydrogen-bond donors (Lipinski definition) is 1. The highest BCUT2D eigenvalue weighted by Gasteiger charge is 2.29. The Labute approximate surface area is 181 Å². The molecule has 2 amide bonds. The number of aromatic nitrogens is 3. The van der Waals surface area contributed by atoms with Crippen molar-refractivity contribution in [2.75, 3.05) is 7.05 Å². The van der Waals surface area contributed by atoms with Crippen molar-refractivity contribution in [2.45, 2.75) is 44.7 Å². The monoisotopic (exact) mass is 415 g/mol. The fraction of sp³-hybridized carbons (Fsp3) is 0.333. The Hall–Kier alpha value is -3.48. The average molecular weight is 415 g/mol. The third-order valence-electron chi connectivity index (χ3n) is 6.19. The molecule has 1 saturated carbocycles. The Morgan fingerprint density at radius 1 is 1.13 bits per heavy atom. The summed E-state index contributed by atoms with van der Waals surface area (Å²) in [5, 5.41) is 7.58. The minimum absolute atomic E-state index is 0.0247. The molecule has 1 atom stereocenters. The highest BCUT2D eigenvalue weighted by Crippen LogP contribution is 2.32. The van der Waals surface area contributed by atoms with Crippen LogP contribution < -0.4 is 5.32 Å². The van der Waals surface area contributed by atoms with E-state index < -0.39 is 0 Å². The van der Waals surface area contributed by atoms with Crippen LogP contribution in [0.2, 0.25) is 0 Å². The molecule has 1 aliphatic heterocycles. The summed E-state index contributed by atoms with van der Waals surface area (Å²) in [6, 6.07) is 8.20. The summed E-state index contributed by atoms with van der Waals surface area (Å²) in [5.41, 5.74) is 5.53. The highest BCUT2D eigenvalue weighted by atomic mass is 16.2. The molecule has 31 heavy (non-hydrogen) atoms. The van der Waals surface area contributed by atoms with Gasteiger partial charge in [-0.05, 0) is 61.1 Å². The number of likely N-dealkylation sites (tertiary alicyclic amines) is 1. The Morgan fingerprint density at radius 2 is 1.97 bits per heavy atom. The molecule has 0 bridgehead atoms. The smallest absolute Gasteiger partial charge is 0.251 e. The van der Waals surface area contributed by atoms with Gasteiger partial charge in [-0.3, -0.25) is 14.6 Å². The number of pyridine rings is 1. The van der Waals surface area contributed by atoms with Crippen molar-refractivity contribution in [1.29, 1.82) is 0 Å². The van der Waals surface area contributed by atoms with Crippen molar-refractivity contribution >= 4 is 11.8 Å². The van der Waals surface area contributed by atoms with Crippen LogP contribution >= 0.6 is 0 Å². The molecule has 1 aromatic carbocycles. The van der Waals surface area contributed by atoms with Crippen molar-refractivity contribution in [1.82, 2.24) is 25.0 Å². The van der Waals surface area contributed by atoms with Crippen LogP contribution in [0.4, 0.5) is 0 Å². The minimum atomic E-state index is -0.0247. The van der Waals surface area contributed by atoms with Gasteiger partial charge in [-0.25, -0.2) is 4.68 Å². The van der Waals surface area contributed by atoms with E-state index in [4.69, 9.17) is 0 Å². The van der Waals surface area contributed by atoms with Gasteiger partial charge in [0.15, 0.2) is 0 Å². The number of nitrogens with one attached hydrogen (secondary N) is 1. The van der Waals surface area contributed by atoms with Gasteiger partial charge in [-0.2, -0.15) is 5.10 Å². The Balaban J connectivity index is 1.42. The zero-order valence-electron chi connectivity index (χ0n) is 17.7. The second kappa shape index (κ2) is 7.65. The maximum absolute atomic E-state index is 12.5. The molecule has 3 heterocycles. The second-order valence-electron chi connectivity index (χ2n) is 8.49. The summed E-state index contributed by atoms with van der Waals surface area (Å²) in [4.78, 5) is 30.5. The standard InChI is InChI=1S/C24H25N5O2/c1-15-3-4-16(24(31)27-19-5-6-19)10-21(15)18-12-26-29(14-18)20-9-17(11-25-13-20)22-7-8-23(30)28(22)2/h3-4,9-14,19,22H,5-8H2,1-2H3,(H,27,31)/t22-/m1/s1. The van der Waals surface area contributed by atoms with Crippen molar-refractivity contribution < 1.29 is 9.59 Å². The number of benzene rings is 1. The first-order valence-electron chi connectivity index (χ1n) is 10.7. The lowest BCUT2D eigenvalue weighted by Crippen LogP contribution is -2.25. The van der Waals surface area contributed by atoms with Gasteiger partial charge in [0.05, 0.1) is 24.1 Å². The quantitative estimate of drug-likeness (QED) is 0.692.